The highest BCUT2D eigenvalue weighted by Crippen LogP contribution is 2.30. The van der Waals surface area contributed by atoms with Crippen LogP contribution in [0.4, 0.5) is 10.1 Å². The maximum absolute atomic E-state index is 14.3. The second-order valence-corrected chi connectivity index (χ2v) is 9.75. The molecule has 0 fully saturated rings. The summed E-state index contributed by atoms with van der Waals surface area (Å²) < 4.78 is 19.5. The summed E-state index contributed by atoms with van der Waals surface area (Å²) in [5.41, 5.74) is 0.143. The van der Waals surface area contributed by atoms with Crippen LogP contribution in [0.1, 0.15) is 48.5 Å². The summed E-state index contributed by atoms with van der Waals surface area (Å²) in [5, 5.41) is 7.36. The third-order valence-corrected chi connectivity index (χ3v) is 6.65. The van der Waals surface area contributed by atoms with Crippen LogP contribution < -0.4 is 20.3 Å². The van der Waals surface area contributed by atoms with Crippen molar-refractivity contribution in [3.8, 4) is 5.75 Å². The molecule has 0 unspecified atom stereocenters. The lowest BCUT2D eigenvalue weighted by molar-refractivity contribution is -0.127. The quantitative estimate of drug-likeness (QED) is 0.413. The number of thiophene rings is 1. The lowest BCUT2D eigenvalue weighted by atomic mass is 9.98. The molecular weight excluding hydrogens is 481 g/mol. The fourth-order valence-corrected chi connectivity index (χ4v) is 4.13. The number of halogens is 1. The van der Waals surface area contributed by atoms with Crippen LogP contribution in [-0.2, 0) is 9.59 Å². The normalized spacial score (nSPS) is 11.9. The number of nitrogens with zero attached hydrogens (tertiary/aromatic N) is 1. The van der Waals surface area contributed by atoms with Gasteiger partial charge in [0.1, 0.15) is 17.6 Å². The van der Waals surface area contributed by atoms with Gasteiger partial charge in [-0.1, -0.05) is 31.2 Å². The van der Waals surface area contributed by atoms with Gasteiger partial charge in [-0.25, -0.2) is 4.39 Å². The number of carbonyl (C=O) groups is 3. The first kappa shape index (κ1) is 26.9. The number of rotatable bonds is 10. The molecule has 0 saturated carbocycles. The average Bonchev–Trinajstić information content (AvgIpc) is 3.40. The van der Waals surface area contributed by atoms with Gasteiger partial charge in [0.15, 0.2) is 0 Å². The highest BCUT2D eigenvalue weighted by Gasteiger charge is 2.35. The Kier molecular flexibility index (Phi) is 8.82. The van der Waals surface area contributed by atoms with E-state index in [0.717, 1.165) is 0 Å². The number of nitrogens with one attached hydrogen (secondary N) is 2. The van der Waals surface area contributed by atoms with Crippen molar-refractivity contribution < 1.29 is 23.5 Å². The standard InChI is InChI=1S/C27H30FN3O4S/c1-5-27(2,3)30-26(34)24(18-11-13-21(35-4)14-12-18)31(20-9-6-8-19(28)16-20)23(32)17-29-25(33)22-10-7-15-36-22/h6-16,24H,5,17H2,1-4H3,(H,29,33)(H,30,34)/t24-/m0/s1. The summed E-state index contributed by atoms with van der Waals surface area (Å²) in [6, 6.07) is 14.5. The molecule has 36 heavy (non-hydrogen) atoms. The second kappa shape index (κ2) is 11.8. The monoisotopic (exact) mass is 511 g/mol. The van der Waals surface area contributed by atoms with Gasteiger partial charge in [-0.05, 0) is 67.6 Å². The zero-order valence-corrected chi connectivity index (χ0v) is 21.5. The lowest BCUT2D eigenvalue weighted by Gasteiger charge is -2.34. The number of amides is 3. The van der Waals surface area contributed by atoms with Gasteiger partial charge in [0.05, 0.1) is 18.5 Å². The predicted molar refractivity (Wildman–Crippen MR) is 139 cm³/mol. The van der Waals surface area contributed by atoms with E-state index in [4.69, 9.17) is 4.74 Å². The van der Waals surface area contributed by atoms with E-state index in [1.54, 1.807) is 47.8 Å². The van der Waals surface area contributed by atoms with Gasteiger partial charge in [-0.3, -0.25) is 19.3 Å². The van der Waals surface area contributed by atoms with Crippen LogP contribution >= 0.6 is 11.3 Å². The smallest absolute Gasteiger partial charge is 0.261 e. The van der Waals surface area contributed by atoms with Crippen LogP contribution in [0, 0.1) is 5.82 Å². The number of carbonyl (C=O) groups excluding carboxylic acids is 3. The van der Waals surface area contributed by atoms with E-state index in [1.165, 1.54) is 41.5 Å². The highest BCUT2D eigenvalue weighted by molar-refractivity contribution is 7.12. The Hall–Kier alpha value is -3.72. The Labute approximate surface area is 214 Å². The van der Waals surface area contributed by atoms with Gasteiger partial charge in [0, 0.05) is 11.2 Å². The molecule has 7 nitrogen and oxygen atoms in total. The number of ether oxygens (including phenoxy) is 1. The van der Waals surface area contributed by atoms with Gasteiger partial charge in [0.2, 0.25) is 11.8 Å². The fourth-order valence-electron chi connectivity index (χ4n) is 3.49. The Balaban J connectivity index is 2.04. The van der Waals surface area contributed by atoms with Crippen LogP contribution in [0.5, 0.6) is 5.75 Å². The van der Waals surface area contributed by atoms with Crippen molar-refractivity contribution >= 4 is 34.7 Å². The molecule has 3 rings (SSSR count). The maximum atomic E-state index is 14.3. The Morgan fingerprint density at radius 1 is 1.08 bits per heavy atom. The third-order valence-electron chi connectivity index (χ3n) is 5.78. The van der Waals surface area contributed by atoms with Crippen molar-refractivity contribution in [1.82, 2.24) is 10.6 Å². The van der Waals surface area contributed by atoms with E-state index in [1.807, 2.05) is 20.8 Å². The van der Waals surface area contributed by atoms with Gasteiger partial charge < -0.3 is 15.4 Å². The van der Waals surface area contributed by atoms with Crippen LogP contribution in [-0.4, -0.2) is 36.9 Å². The van der Waals surface area contributed by atoms with Crippen LogP contribution in [0.2, 0.25) is 0 Å². The highest BCUT2D eigenvalue weighted by atomic mass is 32.1. The van der Waals surface area contributed by atoms with E-state index in [2.05, 4.69) is 10.6 Å². The molecular formula is C27H30FN3O4S. The summed E-state index contributed by atoms with van der Waals surface area (Å²) >= 11 is 1.25. The van der Waals surface area contributed by atoms with Gasteiger partial charge >= 0.3 is 0 Å². The van der Waals surface area contributed by atoms with E-state index in [-0.39, 0.29) is 12.2 Å². The zero-order valence-electron chi connectivity index (χ0n) is 20.7. The van der Waals surface area contributed by atoms with Crippen LogP contribution in [0.15, 0.2) is 66.0 Å². The number of methoxy groups -OCH3 is 1. The molecule has 190 valence electrons. The fraction of sp³-hybridized carbons (Fsp3) is 0.296. The van der Waals surface area contributed by atoms with E-state index < -0.39 is 35.1 Å². The molecule has 0 aliphatic rings. The van der Waals surface area contributed by atoms with Gasteiger partial charge in [0.25, 0.3) is 5.91 Å². The predicted octanol–water partition coefficient (Wildman–Crippen LogP) is 4.70. The van der Waals surface area contributed by atoms with Crippen molar-refractivity contribution in [3.05, 3.63) is 82.3 Å². The van der Waals surface area contributed by atoms with Crippen molar-refractivity contribution in [1.29, 1.82) is 0 Å². The van der Waals surface area contributed by atoms with Crippen molar-refractivity contribution in [3.63, 3.8) is 0 Å². The number of hydrogen-bond acceptors (Lipinski definition) is 5. The second-order valence-electron chi connectivity index (χ2n) is 8.81. The minimum Gasteiger partial charge on any atom is -0.497 e. The van der Waals surface area contributed by atoms with E-state index in [0.29, 0.717) is 22.6 Å². The molecule has 9 heteroatoms. The van der Waals surface area contributed by atoms with E-state index in [9.17, 15) is 18.8 Å². The maximum Gasteiger partial charge on any atom is 0.261 e. The zero-order chi connectivity index (χ0) is 26.3. The largest absolute Gasteiger partial charge is 0.497 e. The number of hydrogen-bond donors (Lipinski definition) is 2. The Morgan fingerprint density at radius 2 is 1.81 bits per heavy atom. The van der Waals surface area contributed by atoms with Crippen molar-refractivity contribution in [2.24, 2.45) is 0 Å². The first-order valence-corrected chi connectivity index (χ1v) is 12.4. The van der Waals surface area contributed by atoms with Crippen molar-refractivity contribution in [2.75, 3.05) is 18.6 Å². The third kappa shape index (κ3) is 6.69. The Bertz CT molecular complexity index is 1200. The van der Waals surface area contributed by atoms with Crippen LogP contribution in [0.25, 0.3) is 0 Å². The van der Waals surface area contributed by atoms with Gasteiger partial charge in [-0.15, -0.1) is 11.3 Å². The molecule has 0 bridgehead atoms. The number of benzene rings is 2. The molecule has 3 amide bonds. The molecule has 1 atom stereocenters. The average molecular weight is 512 g/mol. The molecule has 0 radical (unpaired) electrons. The molecule has 2 N–H and O–H groups in total. The summed E-state index contributed by atoms with van der Waals surface area (Å²) in [7, 11) is 1.53. The molecule has 2 aromatic carbocycles. The summed E-state index contributed by atoms with van der Waals surface area (Å²) in [6.07, 6.45) is 0.652. The minimum absolute atomic E-state index is 0.190. The topological polar surface area (TPSA) is 87.7 Å². The first-order valence-electron chi connectivity index (χ1n) is 11.5. The van der Waals surface area contributed by atoms with Crippen LogP contribution in [0.3, 0.4) is 0 Å². The van der Waals surface area contributed by atoms with E-state index >= 15 is 0 Å². The SMILES string of the molecule is CCC(C)(C)NC(=O)[C@H](c1ccc(OC)cc1)N(C(=O)CNC(=O)c1cccs1)c1cccc(F)c1. The molecule has 1 heterocycles. The summed E-state index contributed by atoms with van der Waals surface area (Å²) in [4.78, 5) is 41.4. The number of anilines is 1. The summed E-state index contributed by atoms with van der Waals surface area (Å²) in [6.45, 7) is 5.32. The first-order chi connectivity index (χ1) is 17.1. The van der Waals surface area contributed by atoms with Gasteiger partial charge in [-0.2, -0.15) is 0 Å². The molecule has 0 aliphatic carbocycles. The minimum atomic E-state index is -1.13. The van der Waals surface area contributed by atoms with Crippen molar-refractivity contribution in [2.45, 2.75) is 38.8 Å². The molecule has 0 spiro atoms. The lowest BCUT2D eigenvalue weighted by Crippen LogP contribution is -2.52. The molecule has 0 saturated heterocycles. The molecule has 1 aromatic heterocycles. The molecule has 3 aromatic rings. The Morgan fingerprint density at radius 3 is 2.39 bits per heavy atom. The summed E-state index contributed by atoms with van der Waals surface area (Å²) in [5.74, 6) is -1.39. The molecule has 0 aliphatic heterocycles.